The fourth-order valence-corrected chi connectivity index (χ4v) is 3.58. The lowest BCUT2D eigenvalue weighted by Gasteiger charge is -2.05. The summed E-state index contributed by atoms with van der Waals surface area (Å²) in [5, 5.41) is 14.3. The van der Waals surface area contributed by atoms with Crippen LogP contribution in [0.3, 0.4) is 0 Å². The summed E-state index contributed by atoms with van der Waals surface area (Å²) in [5.74, 6) is 0.582. The van der Waals surface area contributed by atoms with E-state index in [1.54, 1.807) is 13.2 Å². The van der Waals surface area contributed by atoms with Gasteiger partial charge in [0.25, 0.3) is 5.55 Å². The highest BCUT2D eigenvalue weighted by Crippen LogP contribution is 2.33. The fourth-order valence-electron chi connectivity index (χ4n) is 2.65. The van der Waals surface area contributed by atoms with Crippen LogP contribution in [-0.2, 0) is 0 Å². The van der Waals surface area contributed by atoms with Crippen LogP contribution in [0.5, 0.6) is 5.75 Å². The zero-order chi connectivity index (χ0) is 17.2. The van der Waals surface area contributed by atoms with Gasteiger partial charge in [0.05, 0.1) is 17.6 Å². The number of methoxy groups -OCH3 is 1. The molecule has 124 valence electrons. The number of fused-ring (bicyclic) bond motifs is 1. The van der Waals surface area contributed by atoms with E-state index in [2.05, 4.69) is 10.1 Å². The van der Waals surface area contributed by atoms with Gasteiger partial charge in [0.15, 0.2) is 11.3 Å². The molecule has 0 aliphatic rings. The number of hydrogen-bond acceptors (Lipinski definition) is 6. The number of para-hydroxylation sites is 1. The Morgan fingerprint density at radius 2 is 1.96 bits per heavy atom. The highest BCUT2D eigenvalue weighted by molar-refractivity contribution is 7.18. The number of thiazole rings is 1. The van der Waals surface area contributed by atoms with Crippen molar-refractivity contribution in [2.45, 2.75) is 0 Å². The van der Waals surface area contributed by atoms with Gasteiger partial charge in [-0.25, -0.2) is 4.98 Å². The van der Waals surface area contributed by atoms with Crippen LogP contribution in [0.2, 0.25) is 0 Å². The second-order valence-electron chi connectivity index (χ2n) is 5.34. The molecule has 0 unspecified atom stereocenters. The lowest BCUT2D eigenvalue weighted by Crippen LogP contribution is -2.05. The number of aromatic nitrogens is 1. The lowest BCUT2D eigenvalue weighted by molar-refractivity contribution is 0.276. The van der Waals surface area contributed by atoms with Crippen molar-refractivity contribution in [3.05, 3.63) is 66.3 Å². The zero-order valence-corrected chi connectivity index (χ0v) is 14.2. The van der Waals surface area contributed by atoms with Crippen LogP contribution in [0, 0.1) is 0 Å². The number of rotatable bonds is 3. The molecule has 4 rings (SSSR count). The van der Waals surface area contributed by atoms with Crippen LogP contribution >= 0.6 is 11.3 Å². The van der Waals surface area contributed by atoms with Gasteiger partial charge in [0.2, 0.25) is 0 Å². The highest BCUT2D eigenvalue weighted by Gasteiger charge is 2.14. The van der Waals surface area contributed by atoms with Crippen molar-refractivity contribution in [1.29, 1.82) is 0 Å². The van der Waals surface area contributed by atoms with Crippen molar-refractivity contribution in [2.75, 3.05) is 7.11 Å². The van der Waals surface area contributed by atoms with E-state index in [0.717, 1.165) is 20.8 Å². The molecular formula is C19H14N2O3S. The summed E-state index contributed by atoms with van der Waals surface area (Å²) in [6, 6.07) is 17.5. The van der Waals surface area contributed by atoms with Crippen LogP contribution in [0.4, 0.5) is 0 Å². The second kappa shape index (κ2) is 6.41. The van der Waals surface area contributed by atoms with Crippen molar-refractivity contribution in [3.8, 4) is 26.8 Å². The first-order chi connectivity index (χ1) is 12.3. The van der Waals surface area contributed by atoms with Crippen LogP contribution in [0.25, 0.3) is 32.0 Å². The zero-order valence-electron chi connectivity index (χ0n) is 13.3. The number of ether oxygens (including phenoxy) is 1. The number of hydrogen-bond donors (Lipinski definition) is 1. The summed E-state index contributed by atoms with van der Waals surface area (Å²) in [5.41, 5.74) is 2.36. The van der Waals surface area contributed by atoms with Crippen LogP contribution < -0.4 is 10.3 Å². The minimum absolute atomic E-state index is 0.103. The quantitative estimate of drug-likeness (QED) is 0.436. The summed E-state index contributed by atoms with van der Waals surface area (Å²) in [6.07, 6.45) is 1.81. The van der Waals surface area contributed by atoms with Gasteiger partial charge in [-0.15, -0.1) is 11.3 Å². The van der Waals surface area contributed by atoms with E-state index >= 15 is 0 Å². The molecule has 4 aromatic rings. The van der Waals surface area contributed by atoms with E-state index in [9.17, 15) is 5.21 Å². The first-order valence-electron chi connectivity index (χ1n) is 7.61. The molecule has 2 aromatic carbocycles. The second-order valence-corrected chi connectivity index (χ2v) is 6.37. The third-order valence-corrected chi connectivity index (χ3v) is 4.92. The summed E-state index contributed by atoms with van der Waals surface area (Å²) < 4.78 is 11.1. The lowest BCUT2D eigenvalue weighted by atomic mass is 10.2. The molecule has 1 N–H and O–H groups in total. The van der Waals surface area contributed by atoms with Crippen molar-refractivity contribution >= 4 is 22.3 Å². The predicted molar refractivity (Wildman–Crippen MR) is 96.7 cm³/mol. The number of nitrogens with zero attached hydrogens (tertiary/aromatic N) is 2. The molecular weight excluding hydrogens is 336 g/mol. The standard InChI is InChI=1S/C19H14N2O3S/c1-23-15-9-5-8-13-10-14(18(21-22)24-17(13)15)19-20-11-16(25-19)12-6-3-2-4-7-12/h2-11,22H,1H3/b21-18+. The van der Waals surface area contributed by atoms with Gasteiger partial charge in [-0.2, -0.15) is 0 Å². The minimum Gasteiger partial charge on any atom is -0.493 e. The van der Waals surface area contributed by atoms with E-state index in [1.165, 1.54) is 11.3 Å². The minimum atomic E-state index is 0.103. The van der Waals surface area contributed by atoms with Gasteiger partial charge >= 0.3 is 0 Å². The smallest absolute Gasteiger partial charge is 0.266 e. The number of benzene rings is 2. The van der Waals surface area contributed by atoms with Crippen LogP contribution in [0.1, 0.15) is 0 Å². The molecule has 0 aliphatic carbocycles. The molecule has 6 heteroatoms. The predicted octanol–water partition coefficient (Wildman–Crippen LogP) is 4.52. The van der Waals surface area contributed by atoms with E-state index in [4.69, 9.17) is 9.15 Å². The summed E-state index contributed by atoms with van der Waals surface area (Å²) in [4.78, 5) is 5.51. The summed E-state index contributed by atoms with van der Waals surface area (Å²) in [6.45, 7) is 0. The van der Waals surface area contributed by atoms with Gasteiger partial charge in [0, 0.05) is 11.6 Å². The third kappa shape index (κ3) is 2.77. The molecule has 0 amide bonds. The summed E-state index contributed by atoms with van der Waals surface area (Å²) >= 11 is 1.51. The molecule has 25 heavy (non-hydrogen) atoms. The molecule has 0 radical (unpaired) electrons. The molecule has 0 saturated carbocycles. The fraction of sp³-hybridized carbons (Fsp3) is 0.0526. The van der Waals surface area contributed by atoms with Gasteiger partial charge in [0.1, 0.15) is 5.01 Å². The third-order valence-electron chi connectivity index (χ3n) is 3.84. The molecule has 5 nitrogen and oxygen atoms in total. The van der Waals surface area contributed by atoms with Gasteiger partial charge in [-0.1, -0.05) is 42.5 Å². The van der Waals surface area contributed by atoms with Crippen molar-refractivity contribution < 1.29 is 14.4 Å². The maximum absolute atomic E-state index is 9.39. The Bertz CT molecular complexity index is 1100. The van der Waals surface area contributed by atoms with E-state index in [-0.39, 0.29) is 5.55 Å². The van der Waals surface area contributed by atoms with Gasteiger partial charge in [-0.3, -0.25) is 0 Å². The first-order valence-corrected chi connectivity index (χ1v) is 8.42. The summed E-state index contributed by atoms with van der Waals surface area (Å²) in [7, 11) is 1.57. The Morgan fingerprint density at radius 3 is 2.72 bits per heavy atom. The molecule has 0 bridgehead atoms. The van der Waals surface area contributed by atoms with E-state index in [0.29, 0.717) is 16.9 Å². The average molecular weight is 350 g/mol. The molecule has 0 aliphatic heterocycles. The highest BCUT2D eigenvalue weighted by atomic mass is 32.1. The Labute approximate surface area is 147 Å². The normalized spacial score (nSPS) is 11.8. The Balaban J connectivity index is 1.89. The van der Waals surface area contributed by atoms with E-state index < -0.39 is 0 Å². The van der Waals surface area contributed by atoms with Crippen molar-refractivity contribution in [2.24, 2.45) is 5.16 Å². The molecule has 0 saturated heterocycles. The Kier molecular flexibility index (Phi) is 3.95. The molecule has 2 aromatic heterocycles. The van der Waals surface area contributed by atoms with Gasteiger partial charge in [-0.05, 0) is 22.9 Å². The SMILES string of the molecule is COc1cccc2cc(-c3ncc(-c4ccccc4)s3)/c(=N\O)oc12. The maximum atomic E-state index is 9.39. The van der Waals surface area contributed by atoms with Crippen molar-refractivity contribution in [3.63, 3.8) is 0 Å². The largest absolute Gasteiger partial charge is 0.493 e. The van der Waals surface area contributed by atoms with Crippen LogP contribution in [0.15, 0.2) is 70.4 Å². The molecule has 0 fully saturated rings. The molecule has 0 atom stereocenters. The molecule has 0 spiro atoms. The molecule has 2 heterocycles. The van der Waals surface area contributed by atoms with Gasteiger partial charge < -0.3 is 14.4 Å². The maximum Gasteiger partial charge on any atom is 0.266 e. The topological polar surface area (TPSA) is 67.9 Å². The Morgan fingerprint density at radius 1 is 1.12 bits per heavy atom. The van der Waals surface area contributed by atoms with E-state index in [1.807, 2.05) is 54.7 Å². The average Bonchev–Trinajstić information content (AvgIpc) is 3.17. The monoisotopic (exact) mass is 350 g/mol. The van der Waals surface area contributed by atoms with Crippen LogP contribution in [-0.4, -0.2) is 17.3 Å². The first kappa shape index (κ1) is 15.4. The Hall–Kier alpha value is -3.12. The van der Waals surface area contributed by atoms with Crippen molar-refractivity contribution in [1.82, 2.24) is 4.98 Å².